The van der Waals surface area contributed by atoms with E-state index in [1.165, 1.54) is 12.1 Å². The number of rotatable bonds is 5. The van der Waals surface area contributed by atoms with Crippen molar-refractivity contribution >= 4 is 11.9 Å². The summed E-state index contributed by atoms with van der Waals surface area (Å²) in [6.07, 6.45) is 1.78. The van der Waals surface area contributed by atoms with Crippen LogP contribution >= 0.6 is 0 Å². The zero-order valence-corrected chi connectivity index (χ0v) is 15.5. The first-order valence-corrected chi connectivity index (χ1v) is 9.30. The van der Waals surface area contributed by atoms with Crippen LogP contribution in [0.5, 0.6) is 0 Å². The first-order chi connectivity index (χ1) is 13.0. The highest BCUT2D eigenvalue weighted by molar-refractivity contribution is 5.94. The molecule has 1 atom stereocenters. The Hall–Kier alpha value is -2.69. The maximum atomic E-state index is 13.3. The summed E-state index contributed by atoms with van der Waals surface area (Å²) in [6.45, 7) is 2.98. The van der Waals surface area contributed by atoms with Crippen molar-refractivity contribution in [2.24, 2.45) is 5.41 Å². The maximum absolute atomic E-state index is 13.3. The van der Waals surface area contributed by atoms with E-state index < -0.39 is 5.41 Å². The van der Waals surface area contributed by atoms with Crippen LogP contribution in [-0.4, -0.2) is 36.5 Å². The molecule has 3 rings (SSSR count). The number of carbonyl (C=O) groups excluding carboxylic acids is 2. The number of likely N-dealkylation sites (tertiary alicyclic amines) is 1. The number of ether oxygens (including phenoxy) is 1. The molecule has 5 heteroatoms. The molecule has 1 aliphatic heterocycles. The predicted octanol–water partition coefficient (Wildman–Crippen LogP) is 3.85. The maximum Gasteiger partial charge on any atom is 0.314 e. The van der Waals surface area contributed by atoms with Crippen LogP contribution in [0, 0.1) is 11.2 Å². The summed E-state index contributed by atoms with van der Waals surface area (Å²) in [7, 11) is 0. The van der Waals surface area contributed by atoms with Crippen LogP contribution in [0.4, 0.5) is 4.39 Å². The molecule has 2 aromatic carbocycles. The van der Waals surface area contributed by atoms with Gasteiger partial charge in [0.1, 0.15) is 5.82 Å². The number of esters is 1. The van der Waals surface area contributed by atoms with E-state index in [4.69, 9.17) is 4.74 Å². The van der Waals surface area contributed by atoms with Crippen LogP contribution in [0.25, 0.3) is 0 Å². The second-order valence-electron chi connectivity index (χ2n) is 7.00. The summed E-state index contributed by atoms with van der Waals surface area (Å²) in [5.74, 6) is -0.684. The van der Waals surface area contributed by atoms with Gasteiger partial charge in [-0.1, -0.05) is 30.3 Å². The van der Waals surface area contributed by atoms with Crippen molar-refractivity contribution in [1.82, 2.24) is 4.90 Å². The number of halogens is 1. The van der Waals surface area contributed by atoms with E-state index in [1.807, 2.05) is 18.2 Å². The van der Waals surface area contributed by atoms with Gasteiger partial charge in [-0.25, -0.2) is 4.39 Å². The molecule has 1 unspecified atom stereocenters. The Bertz CT molecular complexity index is 791. The van der Waals surface area contributed by atoms with E-state index >= 15 is 0 Å². The van der Waals surface area contributed by atoms with E-state index in [-0.39, 0.29) is 24.3 Å². The molecule has 1 amide bonds. The van der Waals surface area contributed by atoms with Crippen LogP contribution in [0.3, 0.4) is 0 Å². The average molecular weight is 369 g/mol. The summed E-state index contributed by atoms with van der Waals surface area (Å²) >= 11 is 0. The lowest BCUT2D eigenvalue weighted by molar-refractivity contribution is -0.158. The Balaban J connectivity index is 1.86. The van der Waals surface area contributed by atoms with E-state index in [0.29, 0.717) is 31.5 Å². The lowest BCUT2D eigenvalue weighted by Gasteiger charge is -2.41. The van der Waals surface area contributed by atoms with Gasteiger partial charge in [-0.2, -0.15) is 0 Å². The van der Waals surface area contributed by atoms with Crippen LogP contribution in [-0.2, 0) is 16.0 Å². The Morgan fingerprint density at radius 1 is 1.11 bits per heavy atom. The van der Waals surface area contributed by atoms with Crippen LogP contribution in [0.1, 0.15) is 35.7 Å². The molecule has 142 valence electrons. The average Bonchev–Trinajstić information content (AvgIpc) is 2.70. The van der Waals surface area contributed by atoms with Gasteiger partial charge in [-0.3, -0.25) is 9.59 Å². The highest BCUT2D eigenvalue weighted by Crippen LogP contribution is 2.36. The molecule has 1 aliphatic rings. The fraction of sp³-hybridized carbons (Fsp3) is 0.364. The van der Waals surface area contributed by atoms with Gasteiger partial charge < -0.3 is 9.64 Å². The van der Waals surface area contributed by atoms with Crippen LogP contribution in [0.15, 0.2) is 54.6 Å². The Kier molecular flexibility index (Phi) is 5.89. The van der Waals surface area contributed by atoms with Crippen molar-refractivity contribution in [3.8, 4) is 0 Å². The number of carbonyl (C=O) groups is 2. The number of amides is 1. The summed E-state index contributed by atoms with van der Waals surface area (Å²) in [5.41, 5.74) is 0.661. The Labute approximate surface area is 158 Å². The number of benzene rings is 2. The fourth-order valence-electron chi connectivity index (χ4n) is 3.73. The molecule has 1 fully saturated rings. The lowest BCUT2D eigenvalue weighted by Crippen LogP contribution is -2.51. The largest absolute Gasteiger partial charge is 0.466 e. The second kappa shape index (κ2) is 8.33. The zero-order chi connectivity index (χ0) is 19.3. The molecule has 0 spiro atoms. The quantitative estimate of drug-likeness (QED) is 0.752. The highest BCUT2D eigenvalue weighted by atomic mass is 19.1. The highest BCUT2D eigenvalue weighted by Gasteiger charge is 2.44. The summed E-state index contributed by atoms with van der Waals surface area (Å²) in [5, 5.41) is 0. The number of piperidine rings is 1. The molecule has 0 aromatic heterocycles. The van der Waals surface area contributed by atoms with Crippen molar-refractivity contribution in [3.63, 3.8) is 0 Å². The van der Waals surface area contributed by atoms with Gasteiger partial charge in [-0.15, -0.1) is 0 Å². The van der Waals surface area contributed by atoms with E-state index in [9.17, 15) is 14.0 Å². The first kappa shape index (κ1) is 19.1. The SMILES string of the molecule is CCOC(=O)C1(Cc2ccc(F)cc2)CCCN(C(=O)c2ccccc2)C1. The lowest BCUT2D eigenvalue weighted by atomic mass is 9.75. The van der Waals surface area contributed by atoms with Gasteiger partial charge in [0.05, 0.1) is 12.0 Å². The molecule has 1 saturated heterocycles. The molecule has 0 radical (unpaired) electrons. The van der Waals surface area contributed by atoms with Gasteiger partial charge in [0.2, 0.25) is 0 Å². The van der Waals surface area contributed by atoms with E-state index in [0.717, 1.165) is 12.0 Å². The fourth-order valence-corrected chi connectivity index (χ4v) is 3.73. The van der Waals surface area contributed by atoms with Crippen LogP contribution in [0.2, 0.25) is 0 Å². The van der Waals surface area contributed by atoms with Gasteiger partial charge in [-0.05, 0) is 56.0 Å². The normalized spacial score (nSPS) is 19.6. The van der Waals surface area contributed by atoms with Gasteiger partial charge in [0.15, 0.2) is 0 Å². The van der Waals surface area contributed by atoms with Crippen molar-refractivity contribution in [2.75, 3.05) is 19.7 Å². The van der Waals surface area contributed by atoms with Gasteiger partial charge in [0, 0.05) is 18.7 Å². The predicted molar refractivity (Wildman–Crippen MR) is 101 cm³/mol. The molecular weight excluding hydrogens is 345 g/mol. The van der Waals surface area contributed by atoms with Gasteiger partial charge in [0.25, 0.3) is 5.91 Å². The molecule has 2 aromatic rings. The monoisotopic (exact) mass is 369 g/mol. The summed E-state index contributed by atoms with van der Waals surface area (Å²) in [4.78, 5) is 27.5. The topological polar surface area (TPSA) is 46.6 Å². The molecule has 0 bridgehead atoms. The third kappa shape index (κ3) is 4.35. The van der Waals surface area contributed by atoms with Crippen molar-refractivity contribution in [1.29, 1.82) is 0 Å². The van der Waals surface area contributed by atoms with Crippen molar-refractivity contribution < 1.29 is 18.7 Å². The number of nitrogens with zero attached hydrogens (tertiary/aromatic N) is 1. The summed E-state index contributed by atoms with van der Waals surface area (Å²) < 4.78 is 18.6. The molecular formula is C22H24FNO3. The number of hydrogen-bond acceptors (Lipinski definition) is 3. The smallest absolute Gasteiger partial charge is 0.314 e. The first-order valence-electron chi connectivity index (χ1n) is 9.30. The number of hydrogen-bond donors (Lipinski definition) is 0. The minimum absolute atomic E-state index is 0.0805. The van der Waals surface area contributed by atoms with Crippen molar-refractivity contribution in [3.05, 3.63) is 71.5 Å². The second-order valence-corrected chi connectivity index (χ2v) is 7.00. The van der Waals surface area contributed by atoms with Gasteiger partial charge >= 0.3 is 5.97 Å². The zero-order valence-electron chi connectivity index (χ0n) is 15.5. The minimum atomic E-state index is -0.809. The molecule has 0 N–H and O–H groups in total. The third-order valence-electron chi connectivity index (χ3n) is 5.05. The standard InChI is InChI=1S/C22H24FNO3/c1-2-27-21(26)22(15-17-9-11-19(23)12-10-17)13-6-14-24(16-22)20(25)18-7-4-3-5-8-18/h3-5,7-12H,2,6,13-16H2,1H3. The molecule has 1 heterocycles. The van der Waals surface area contributed by atoms with Crippen LogP contribution < -0.4 is 0 Å². The van der Waals surface area contributed by atoms with Crippen molar-refractivity contribution in [2.45, 2.75) is 26.2 Å². The molecule has 0 aliphatic carbocycles. The molecule has 27 heavy (non-hydrogen) atoms. The molecule has 4 nitrogen and oxygen atoms in total. The molecule has 0 saturated carbocycles. The van der Waals surface area contributed by atoms with E-state index in [2.05, 4.69) is 0 Å². The van der Waals surface area contributed by atoms with E-state index in [1.54, 1.807) is 36.1 Å². The third-order valence-corrected chi connectivity index (χ3v) is 5.05. The Morgan fingerprint density at radius 3 is 2.48 bits per heavy atom. The summed E-state index contributed by atoms with van der Waals surface area (Å²) in [6, 6.07) is 15.2. The minimum Gasteiger partial charge on any atom is -0.466 e. The Morgan fingerprint density at radius 2 is 1.81 bits per heavy atom.